The molecule has 0 bridgehead atoms. The molecule has 1 N–H and O–H groups in total. The van der Waals surface area contributed by atoms with Crippen LogP contribution in [0.3, 0.4) is 0 Å². The van der Waals surface area contributed by atoms with Crippen LogP contribution in [0.5, 0.6) is 5.88 Å². The molecule has 3 rings (SSSR count). The van der Waals surface area contributed by atoms with Gasteiger partial charge in [-0.25, -0.2) is 18.4 Å². The topological polar surface area (TPSA) is 94.1 Å². The quantitative estimate of drug-likeness (QED) is 0.658. The van der Waals surface area contributed by atoms with E-state index in [4.69, 9.17) is 4.74 Å². The highest BCUT2D eigenvalue weighted by atomic mass is 79.9. The van der Waals surface area contributed by atoms with Crippen LogP contribution >= 0.6 is 15.9 Å². The molecule has 0 spiro atoms. The molecule has 9 heteroatoms. The number of anilines is 1. The van der Waals surface area contributed by atoms with Crippen LogP contribution in [0.15, 0.2) is 70.6 Å². The van der Waals surface area contributed by atoms with Gasteiger partial charge >= 0.3 is 0 Å². The summed E-state index contributed by atoms with van der Waals surface area (Å²) in [4.78, 5) is 12.1. The number of rotatable bonds is 6. The third kappa shape index (κ3) is 4.52. The van der Waals surface area contributed by atoms with Crippen LogP contribution in [-0.2, 0) is 16.6 Å². The number of aromatic nitrogens is 3. The summed E-state index contributed by atoms with van der Waals surface area (Å²) >= 11 is 3.27. The first-order chi connectivity index (χ1) is 12.0. The maximum absolute atomic E-state index is 12.5. The summed E-state index contributed by atoms with van der Waals surface area (Å²) in [6.45, 7) is 0.216. The Morgan fingerprint density at radius 3 is 2.36 bits per heavy atom. The van der Waals surface area contributed by atoms with Crippen molar-refractivity contribution in [2.45, 2.75) is 11.5 Å². The van der Waals surface area contributed by atoms with Gasteiger partial charge in [0.2, 0.25) is 5.82 Å². The van der Waals surface area contributed by atoms with E-state index >= 15 is 0 Å². The molecule has 0 fully saturated rings. The smallest absolute Gasteiger partial charge is 0.263 e. The van der Waals surface area contributed by atoms with E-state index in [-0.39, 0.29) is 23.2 Å². The summed E-state index contributed by atoms with van der Waals surface area (Å²) in [5, 5.41) is 0. The van der Waals surface area contributed by atoms with Crippen LogP contribution in [0.25, 0.3) is 0 Å². The fraction of sp³-hybridized carbons (Fsp3) is 0.0625. The van der Waals surface area contributed by atoms with Crippen molar-refractivity contribution in [3.8, 4) is 5.88 Å². The van der Waals surface area contributed by atoms with Crippen molar-refractivity contribution in [3.05, 3.63) is 71.2 Å². The Balaban J connectivity index is 1.79. The molecule has 0 amide bonds. The fourth-order valence-electron chi connectivity index (χ4n) is 1.93. The Morgan fingerprint density at radius 2 is 1.64 bits per heavy atom. The minimum Gasteiger partial charge on any atom is -0.470 e. The van der Waals surface area contributed by atoms with Crippen LogP contribution in [0, 0.1) is 0 Å². The van der Waals surface area contributed by atoms with Crippen molar-refractivity contribution < 1.29 is 13.2 Å². The highest BCUT2D eigenvalue weighted by Crippen LogP contribution is 2.23. The molecule has 0 saturated heterocycles. The van der Waals surface area contributed by atoms with E-state index in [9.17, 15) is 8.42 Å². The van der Waals surface area contributed by atoms with Crippen molar-refractivity contribution in [2.24, 2.45) is 0 Å². The van der Waals surface area contributed by atoms with Gasteiger partial charge in [-0.15, -0.1) is 0 Å². The average molecular weight is 421 g/mol. The number of sulfonamides is 1. The number of hydrogen-bond donors (Lipinski definition) is 1. The molecule has 0 saturated carbocycles. The zero-order chi connectivity index (χ0) is 17.7. The molecule has 0 aliphatic rings. The number of hydrogen-bond acceptors (Lipinski definition) is 6. The predicted molar refractivity (Wildman–Crippen MR) is 95.6 cm³/mol. The summed E-state index contributed by atoms with van der Waals surface area (Å²) in [5.74, 6) is 0.125. The van der Waals surface area contributed by atoms with E-state index in [2.05, 4.69) is 35.6 Å². The third-order valence-corrected chi connectivity index (χ3v) is 5.03. The van der Waals surface area contributed by atoms with E-state index in [1.165, 1.54) is 24.5 Å². The number of pyridine rings is 1. The third-order valence-electron chi connectivity index (χ3n) is 3.14. The standard InChI is InChI=1S/C16H13BrN4O3S/c17-13-1-3-14(4-2-13)25(22,23)21-15-16(20-10-9-19-15)24-11-12-5-7-18-8-6-12/h1-10H,11H2,(H,19,21). The maximum atomic E-state index is 12.5. The van der Waals surface area contributed by atoms with Gasteiger partial charge in [0.1, 0.15) is 6.61 Å². The van der Waals surface area contributed by atoms with Gasteiger partial charge in [0.05, 0.1) is 4.90 Å². The number of nitrogens with one attached hydrogen (secondary N) is 1. The molecular weight excluding hydrogens is 408 g/mol. The molecule has 0 unspecified atom stereocenters. The van der Waals surface area contributed by atoms with Gasteiger partial charge in [0.25, 0.3) is 15.9 Å². The van der Waals surface area contributed by atoms with Crippen molar-refractivity contribution in [2.75, 3.05) is 4.72 Å². The van der Waals surface area contributed by atoms with E-state index in [1.54, 1.807) is 36.7 Å². The number of benzene rings is 1. The molecule has 25 heavy (non-hydrogen) atoms. The molecule has 2 aromatic heterocycles. The van der Waals surface area contributed by atoms with E-state index < -0.39 is 10.0 Å². The largest absolute Gasteiger partial charge is 0.470 e. The summed E-state index contributed by atoms with van der Waals surface area (Å²) in [6.07, 6.45) is 6.11. The van der Waals surface area contributed by atoms with Gasteiger partial charge in [-0.2, -0.15) is 0 Å². The lowest BCUT2D eigenvalue weighted by atomic mass is 10.3. The average Bonchev–Trinajstić information content (AvgIpc) is 2.62. The van der Waals surface area contributed by atoms with Gasteiger partial charge in [0, 0.05) is 29.3 Å². The second-order valence-corrected chi connectivity index (χ2v) is 7.51. The van der Waals surface area contributed by atoms with Crippen molar-refractivity contribution in [3.63, 3.8) is 0 Å². The van der Waals surface area contributed by atoms with Crippen LogP contribution in [0.1, 0.15) is 5.56 Å². The first-order valence-corrected chi connectivity index (χ1v) is 9.43. The number of nitrogens with zero attached hydrogens (tertiary/aromatic N) is 3. The van der Waals surface area contributed by atoms with Crippen LogP contribution in [-0.4, -0.2) is 23.4 Å². The summed E-state index contributed by atoms with van der Waals surface area (Å²) in [5.41, 5.74) is 0.877. The first kappa shape index (κ1) is 17.3. The molecule has 2 heterocycles. The predicted octanol–water partition coefficient (Wildman–Crippen LogP) is 3.01. The molecule has 0 aliphatic heterocycles. The number of ether oxygens (including phenoxy) is 1. The summed E-state index contributed by atoms with van der Waals surface area (Å²) in [6, 6.07) is 9.85. The zero-order valence-corrected chi connectivity index (χ0v) is 15.2. The molecule has 128 valence electrons. The van der Waals surface area contributed by atoms with E-state index in [0.717, 1.165) is 10.0 Å². The van der Waals surface area contributed by atoms with Crippen LogP contribution in [0.2, 0.25) is 0 Å². The number of halogens is 1. The van der Waals surface area contributed by atoms with Crippen LogP contribution in [0.4, 0.5) is 5.82 Å². The van der Waals surface area contributed by atoms with Gasteiger partial charge in [-0.1, -0.05) is 15.9 Å². The lowest BCUT2D eigenvalue weighted by Gasteiger charge is -2.11. The molecule has 3 aromatic rings. The lowest BCUT2D eigenvalue weighted by Crippen LogP contribution is -2.15. The second-order valence-electron chi connectivity index (χ2n) is 4.91. The Labute approximate surface area is 153 Å². The van der Waals surface area contributed by atoms with Gasteiger partial charge in [-0.3, -0.25) is 9.71 Å². The Bertz CT molecular complexity index is 951. The fourth-order valence-corrected chi connectivity index (χ4v) is 3.20. The highest BCUT2D eigenvalue weighted by Gasteiger charge is 2.18. The zero-order valence-electron chi connectivity index (χ0n) is 12.8. The van der Waals surface area contributed by atoms with Gasteiger partial charge < -0.3 is 4.74 Å². The van der Waals surface area contributed by atoms with Crippen molar-refractivity contribution in [1.82, 2.24) is 15.0 Å². The minimum absolute atomic E-state index is 0.0273. The SMILES string of the molecule is O=S(=O)(Nc1nccnc1OCc1ccncc1)c1ccc(Br)cc1. The monoisotopic (exact) mass is 420 g/mol. The molecule has 0 aliphatic carbocycles. The Hall–Kier alpha value is -2.52. The summed E-state index contributed by atoms with van der Waals surface area (Å²) in [7, 11) is -3.80. The second kappa shape index (κ2) is 7.58. The highest BCUT2D eigenvalue weighted by molar-refractivity contribution is 9.10. The summed E-state index contributed by atoms with van der Waals surface area (Å²) < 4.78 is 33.7. The van der Waals surface area contributed by atoms with E-state index in [1.807, 2.05) is 0 Å². The van der Waals surface area contributed by atoms with Gasteiger partial charge in [0.15, 0.2) is 0 Å². The Morgan fingerprint density at radius 1 is 0.960 bits per heavy atom. The van der Waals surface area contributed by atoms with Gasteiger partial charge in [-0.05, 0) is 42.0 Å². The minimum atomic E-state index is -3.80. The molecular formula is C16H13BrN4O3S. The lowest BCUT2D eigenvalue weighted by molar-refractivity contribution is 0.294. The molecule has 0 atom stereocenters. The normalized spacial score (nSPS) is 11.1. The van der Waals surface area contributed by atoms with Crippen molar-refractivity contribution in [1.29, 1.82) is 0 Å². The van der Waals surface area contributed by atoms with Crippen LogP contribution < -0.4 is 9.46 Å². The molecule has 1 aromatic carbocycles. The molecule has 7 nitrogen and oxygen atoms in total. The first-order valence-electron chi connectivity index (χ1n) is 7.16. The van der Waals surface area contributed by atoms with Crippen molar-refractivity contribution >= 4 is 31.8 Å². The maximum Gasteiger partial charge on any atom is 0.263 e. The Kier molecular flexibility index (Phi) is 5.25. The van der Waals surface area contributed by atoms with E-state index in [0.29, 0.717) is 0 Å². The molecule has 0 radical (unpaired) electrons.